The molecule has 3 heterocycles. The zero-order chi connectivity index (χ0) is 21.7. The van der Waals surface area contributed by atoms with Gasteiger partial charge < -0.3 is 4.90 Å². The summed E-state index contributed by atoms with van der Waals surface area (Å²) in [5.74, 6) is 0.996. The monoisotopic (exact) mass is 432 g/mol. The first-order chi connectivity index (χ1) is 14.0. The smallest absolute Gasteiger partial charge is 0.218 e. The zero-order valence-electron chi connectivity index (χ0n) is 17.4. The highest BCUT2D eigenvalue weighted by Crippen LogP contribution is 2.26. The molecule has 0 unspecified atom stereocenters. The van der Waals surface area contributed by atoms with Crippen LogP contribution < -0.4 is 4.90 Å². The minimum atomic E-state index is -3.51. The van der Waals surface area contributed by atoms with Crippen LogP contribution in [0.15, 0.2) is 36.4 Å². The van der Waals surface area contributed by atoms with Gasteiger partial charge in [0.15, 0.2) is 11.5 Å². The van der Waals surface area contributed by atoms with Gasteiger partial charge in [-0.05, 0) is 29.8 Å². The van der Waals surface area contributed by atoms with Crippen molar-refractivity contribution in [2.24, 2.45) is 0 Å². The lowest BCUT2D eigenvalue weighted by Crippen LogP contribution is -2.60. The van der Waals surface area contributed by atoms with Gasteiger partial charge in [0.25, 0.3) is 0 Å². The molecular formula is C20H25FN6O2S. The molecule has 3 aromatic rings. The van der Waals surface area contributed by atoms with E-state index in [2.05, 4.69) is 36.1 Å². The molecule has 0 aliphatic carbocycles. The van der Waals surface area contributed by atoms with Crippen LogP contribution in [-0.4, -0.2) is 58.7 Å². The molecule has 1 fully saturated rings. The largest absolute Gasteiger partial charge is 0.352 e. The molecule has 0 N–H and O–H groups in total. The van der Waals surface area contributed by atoms with Crippen molar-refractivity contribution in [3.8, 4) is 0 Å². The van der Waals surface area contributed by atoms with Gasteiger partial charge in [-0.1, -0.05) is 32.9 Å². The molecule has 0 saturated carbocycles. The number of nitrogens with zero attached hydrogens (tertiary/aromatic N) is 6. The van der Waals surface area contributed by atoms with Gasteiger partial charge in [-0.15, -0.1) is 15.3 Å². The van der Waals surface area contributed by atoms with Crippen molar-refractivity contribution in [3.05, 3.63) is 53.6 Å². The first kappa shape index (κ1) is 20.7. The van der Waals surface area contributed by atoms with Crippen LogP contribution in [0.4, 0.5) is 10.2 Å². The number of hydrogen-bond acceptors (Lipinski definition) is 6. The molecule has 10 heteroatoms. The second kappa shape index (κ2) is 7.28. The number of aromatic nitrogens is 4. The van der Waals surface area contributed by atoms with Gasteiger partial charge in [-0.2, -0.15) is 8.82 Å². The summed E-state index contributed by atoms with van der Waals surface area (Å²) < 4.78 is 41.7. The van der Waals surface area contributed by atoms with Crippen LogP contribution in [-0.2, 0) is 21.2 Å². The van der Waals surface area contributed by atoms with Crippen molar-refractivity contribution in [3.63, 3.8) is 0 Å². The van der Waals surface area contributed by atoms with Crippen LogP contribution in [0.25, 0.3) is 5.65 Å². The fraction of sp³-hybridized carbons (Fsp3) is 0.450. The van der Waals surface area contributed by atoms with Crippen LogP contribution in [0, 0.1) is 5.82 Å². The summed E-state index contributed by atoms with van der Waals surface area (Å²) in [6, 6.07) is 9.14. The number of fused-ring (bicyclic) bond motifs is 1. The van der Waals surface area contributed by atoms with Crippen LogP contribution >= 0.6 is 0 Å². The van der Waals surface area contributed by atoms with E-state index in [1.54, 1.807) is 11.6 Å². The average molecular weight is 433 g/mol. The Labute approximate surface area is 175 Å². The summed E-state index contributed by atoms with van der Waals surface area (Å²) >= 11 is 0. The van der Waals surface area contributed by atoms with Gasteiger partial charge in [0.2, 0.25) is 10.0 Å². The Balaban J connectivity index is 1.45. The number of rotatable bonds is 5. The van der Waals surface area contributed by atoms with Crippen LogP contribution in [0.1, 0.15) is 32.2 Å². The van der Waals surface area contributed by atoms with Gasteiger partial charge in [0.05, 0.1) is 11.8 Å². The molecule has 30 heavy (non-hydrogen) atoms. The lowest BCUT2D eigenvalue weighted by atomic mass is 9.96. The third-order valence-corrected chi connectivity index (χ3v) is 7.19. The van der Waals surface area contributed by atoms with E-state index in [1.165, 1.54) is 28.6 Å². The third-order valence-electron chi connectivity index (χ3n) is 5.32. The fourth-order valence-corrected chi connectivity index (χ4v) is 4.81. The topological polar surface area (TPSA) is 83.7 Å². The molecule has 4 rings (SSSR count). The zero-order valence-corrected chi connectivity index (χ0v) is 18.3. The molecule has 0 spiro atoms. The highest BCUT2D eigenvalue weighted by atomic mass is 32.2. The summed E-state index contributed by atoms with van der Waals surface area (Å²) in [7, 11) is -1.91. The van der Waals surface area contributed by atoms with Gasteiger partial charge in [-0.25, -0.2) is 12.8 Å². The van der Waals surface area contributed by atoms with Gasteiger partial charge in [0, 0.05) is 25.6 Å². The Morgan fingerprint density at radius 3 is 2.40 bits per heavy atom. The molecule has 0 radical (unpaired) electrons. The fourth-order valence-electron chi connectivity index (χ4n) is 3.41. The molecule has 0 amide bonds. The van der Waals surface area contributed by atoms with E-state index in [0.717, 1.165) is 11.6 Å². The molecule has 1 aliphatic rings. The molecular weight excluding hydrogens is 407 g/mol. The molecule has 0 bridgehead atoms. The van der Waals surface area contributed by atoms with Crippen LogP contribution in [0.2, 0.25) is 0 Å². The summed E-state index contributed by atoms with van der Waals surface area (Å²) in [6.45, 7) is 7.25. The number of anilines is 1. The Bertz CT molecular complexity index is 1160. The number of halogens is 1. The standard InChI is InChI=1S/C20H25FN6O2S/c1-20(2,3)19-23-22-17-9-10-18(24-27(17)19)26-11-16(12-26)25(4)30(28,29)13-14-5-7-15(21)8-6-14/h5-10,16H,11-13H2,1-4H3. The van der Waals surface area contributed by atoms with E-state index in [1.807, 2.05) is 17.0 Å². The Morgan fingerprint density at radius 2 is 1.77 bits per heavy atom. The Morgan fingerprint density at radius 1 is 1.10 bits per heavy atom. The van der Waals surface area contributed by atoms with E-state index in [9.17, 15) is 12.8 Å². The number of hydrogen-bond donors (Lipinski definition) is 0. The maximum absolute atomic E-state index is 13.1. The van der Waals surface area contributed by atoms with Gasteiger partial charge >= 0.3 is 0 Å². The van der Waals surface area contributed by atoms with E-state index >= 15 is 0 Å². The molecule has 1 aromatic carbocycles. The van der Waals surface area contributed by atoms with Crippen LogP contribution in [0.5, 0.6) is 0 Å². The van der Waals surface area contributed by atoms with E-state index < -0.39 is 10.0 Å². The third kappa shape index (κ3) is 3.89. The summed E-state index contributed by atoms with van der Waals surface area (Å²) in [5, 5.41) is 13.1. The number of sulfonamides is 1. The van der Waals surface area contributed by atoms with Crippen molar-refractivity contribution in [2.45, 2.75) is 38.0 Å². The summed E-state index contributed by atoms with van der Waals surface area (Å²) in [6.07, 6.45) is 0. The quantitative estimate of drug-likeness (QED) is 0.615. The van der Waals surface area contributed by atoms with Gasteiger partial charge in [-0.3, -0.25) is 0 Å². The van der Waals surface area contributed by atoms with E-state index in [4.69, 9.17) is 0 Å². The molecule has 0 atom stereocenters. The van der Waals surface area contributed by atoms with E-state index in [-0.39, 0.29) is 23.0 Å². The normalized spacial score (nSPS) is 15.7. The predicted octanol–water partition coefficient (Wildman–Crippen LogP) is 2.21. The number of likely N-dealkylation sites (N-methyl/N-ethyl adjacent to an activating group) is 1. The Hall–Kier alpha value is -2.59. The van der Waals surface area contributed by atoms with Gasteiger partial charge in [0.1, 0.15) is 11.6 Å². The van der Waals surface area contributed by atoms with Crippen LogP contribution in [0.3, 0.4) is 0 Å². The second-order valence-corrected chi connectivity index (χ2v) is 10.7. The average Bonchev–Trinajstić information content (AvgIpc) is 3.06. The van der Waals surface area contributed by atoms with Crippen molar-refractivity contribution >= 4 is 21.5 Å². The molecule has 8 nitrogen and oxygen atoms in total. The first-order valence-electron chi connectivity index (χ1n) is 9.73. The minimum absolute atomic E-state index is 0.143. The first-order valence-corrected chi connectivity index (χ1v) is 11.3. The van der Waals surface area contributed by atoms with Crippen molar-refractivity contribution < 1.29 is 12.8 Å². The van der Waals surface area contributed by atoms with Crippen molar-refractivity contribution in [1.29, 1.82) is 0 Å². The predicted molar refractivity (Wildman–Crippen MR) is 112 cm³/mol. The SMILES string of the molecule is CN(C1CN(c2ccc3nnc(C(C)(C)C)n3n2)C1)S(=O)(=O)Cc1ccc(F)cc1. The highest BCUT2D eigenvalue weighted by Gasteiger charge is 2.37. The molecule has 2 aromatic heterocycles. The Kier molecular flexibility index (Phi) is 5.01. The van der Waals surface area contributed by atoms with Crippen molar-refractivity contribution in [2.75, 3.05) is 25.0 Å². The lowest BCUT2D eigenvalue weighted by molar-refractivity contribution is 0.308. The molecule has 160 valence electrons. The lowest BCUT2D eigenvalue weighted by Gasteiger charge is -2.43. The maximum Gasteiger partial charge on any atom is 0.218 e. The summed E-state index contributed by atoms with van der Waals surface area (Å²) in [5.41, 5.74) is 1.05. The number of benzene rings is 1. The maximum atomic E-state index is 13.1. The second-order valence-electron chi connectivity index (χ2n) is 8.69. The molecule has 1 saturated heterocycles. The summed E-state index contributed by atoms with van der Waals surface area (Å²) in [4.78, 5) is 2.03. The molecule has 1 aliphatic heterocycles. The van der Waals surface area contributed by atoms with E-state index in [0.29, 0.717) is 24.3 Å². The van der Waals surface area contributed by atoms with Crippen molar-refractivity contribution in [1.82, 2.24) is 24.1 Å². The minimum Gasteiger partial charge on any atom is -0.352 e. The highest BCUT2D eigenvalue weighted by molar-refractivity contribution is 7.88.